The lowest BCUT2D eigenvalue weighted by molar-refractivity contribution is -0.276. The van der Waals surface area contributed by atoms with Crippen molar-refractivity contribution in [1.82, 2.24) is 10.6 Å². The molecule has 1 heterocycles. The number of oxime groups is 1. The first-order chi connectivity index (χ1) is 18.2. The third-order valence-corrected chi connectivity index (χ3v) is 5.95. The molecule has 0 saturated heterocycles. The van der Waals surface area contributed by atoms with Crippen molar-refractivity contribution in [1.29, 1.82) is 0 Å². The number of alkyl halides is 9. The van der Waals surface area contributed by atoms with E-state index in [1.54, 1.807) is 5.32 Å². The molecular formula is C23H16ClF10N3O3. The molecule has 2 aromatic rings. The van der Waals surface area contributed by atoms with Gasteiger partial charge in [0.15, 0.2) is 0 Å². The number of nitrogens with zero attached hydrogens (tertiary/aromatic N) is 1. The van der Waals surface area contributed by atoms with Gasteiger partial charge in [-0.2, -0.15) is 39.5 Å². The summed E-state index contributed by atoms with van der Waals surface area (Å²) in [6.45, 7) is -1.09. The van der Waals surface area contributed by atoms with E-state index in [4.69, 9.17) is 11.6 Å². The van der Waals surface area contributed by atoms with Crippen molar-refractivity contribution in [2.24, 2.45) is 5.16 Å². The van der Waals surface area contributed by atoms with Gasteiger partial charge in [0.05, 0.1) is 29.3 Å². The molecule has 2 aromatic carbocycles. The lowest BCUT2D eigenvalue weighted by atomic mass is 9.85. The third-order valence-electron chi connectivity index (χ3n) is 5.68. The van der Waals surface area contributed by atoms with E-state index in [0.29, 0.717) is 0 Å². The number of rotatable bonds is 6. The zero-order chi connectivity index (χ0) is 30.3. The van der Waals surface area contributed by atoms with Gasteiger partial charge in [0.1, 0.15) is 12.4 Å². The molecule has 1 unspecified atom stereocenters. The highest BCUT2D eigenvalue weighted by Crippen LogP contribution is 2.51. The van der Waals surface area contributed by atoms with Crippen LogP contribution >= 0.6 is 11.6 Å². The molecule has 1 atom stereocenters. The minimum Gasteiger partial charge on any atom is -0.374 e. The molecule has 218 valence electrons. The maximum absolute atomic E-state index is 14.7. The first-order valence-electron chi connectivity index (χ1n) is 10.9. The Kier molecular flexibility index (Phi) is 8.35. The molecule has 2 N–H and O–H groups in total. The van der Waals surface area contributed by atoms with E-state index < -0.39 is 83.1 Å². The molecule has 3 rings (SSSR count). The summed E-state index contributed by atoms with van der Waals surface area (Å²) in [6.07, 6.45) is -16.5. The minimum atomic E-state index is -5.46. The molecule has 0 spiro atoms. The van der Waals surface area contributed by atoms with Gasteiger partial charge in [0.25, 0.3) is 11.5 Å². The Hall–Kier alpha value is -3.56. The number of amides is 2. The summed E-state index contributed by atoms with van der Waals surface area (Å²) in [5.41, 5.74) is -7.35. The lowest BCUT2D eigenvalue weighted by Crippen LogP contribution is -2.43. The first-order valence-corrected chi connectivity index (χ1v) is 11.2. The number of hydrogen-bond acceptors (Lipinski definition) is 4. The summed E-state index contributed by atoms with van der Waals surface area (Å²) in [6, 6.07) is 3.45. The molecule has 40 heavy (non-hydrogen) atoms. The van der Waals surface area contributed by atoms with E-state index in [1.165, 1.54) is 13.0 Å². The SMILES string of the molecule is Cc1cc(C2=NOC(c3cc(C(F)(F)F)cc(Cl)c3F)(C(F)(F)F)C2)ccc1C(=O)NCC(=O)NCC(F)(F)F. The number of carbonyl (C=O) groups excluding carboxylic acids is 2. The zero-order valence-corrected chi connectivity index (χ0v) is 20.6. The van der Waals surface area contributed by atoms with Gasteiger partial charge < -0.3 is 15.5 Å². The predicted octanol–water partition coefficient (Wildman–Crippen LogP) is 5.80. The van der Waals surface area contributed by atoms with Crippen LogP contribution in [0, 0.1) is 12.7 Å². The van der Waals surface area contributed by atoms with Crippen LogP contribution in [0.25, 0.3) is 0 Å². The summed E-state index contributed by atoms with van der Waals surface area (Å²) in [7, 11) is 0. The van der Waals surface area contributed by atoms with Crippen molar-refractivity contribution in [3.63, 3.8) is 0 Å². The van der Waals surface area contributed by atoms with Crippen LogP contribution in [0.15, 0.2) is 35.5 Å². The van der Waals surface area contributed by atoms with Crippen LogP contribution in [-0.4, -0.2) is 43.0 Å². The van der Waals surface area contributed by atoms with Crippen LogP contribution in [0.1, 0.15) is 39.0 Å². The van der Waals surface area contributed by atoms with Crippen molar-refractivity contribution >= 4 is 29.1 Å². The van der Waals surface area contributed by atoms with Gasteiger partial charge in [-0.1, -0.05) is 22.8 Å². The van der Waals surface area contributed by atoms with Gasteiger partial charge in [-0.25, -0.2) is 4.39 Å². The van der Waals surface area contributed by atoms with E-state index >= 15 is 0 Å². The molecule has 1 aliphatic rings. The largest absolute Gasteiger partial charge is 0.435 e. The second-order valence-electron chi connectivity index (χ2n) is 8.55. The number of halogens is 11. The number of benzene rings is 2. The molecule has 0 bridgehead atoms. The Labute approximate surface area is 223 Å². The van der Waals surface area contributed by atoms with E-state index in [0.717, 1.165) is 12.1 Å². The summed E-state index contributed by atoms with van der Waals surface area (Å²) in [5.74, 6) is -3.82. The van der Waals surface area contributed by atoms with Crippen molar-refractivity contribution in [3.05, 3.63) is 69.0 Å². The second kappa shape index (κ2) is 10.8. The van der Waals surface area contributed by atoms with Crippen LogP contribution in [0.5, 0.6) is 0 Å². The van der Waals surface area contributed by atoms with E-state index in [9.17, 15) is 53.5 Å². The molecule has 2 amide bonds. The summed E-state index contributed by atoms with van der Waals surface area (Å²) >= 11 is 5.47. The van der Waals surface area contributed by atoms with Crippen molar-refractivity contribution in [2.75, 3.05) is 13.1 Å². The van der Waals surface area contributed by atoms with Gasteiger partial charge in [-0.05, 0) is 42.3 Å². The molecule has 0 radical (unpaired) electrons. The fraction of sp³-hybridized carbons (Fsp3) is 0.348. The minimum absolute atomic E-state index is 0.0588. The number of carbonyl (C=O) groups is 2. The topological polar surface area (TPSA) is 79.8 Å². The van der Waals surface area contributed by atoms with Gasteiger partial charge in [-0.3, -0.25) is 9.59 Å². The summed E-state index contributed by atoms with van der Waals surface area (Å²) in [5, 5.41) is 5.75. The molecule has 0 aliphatic carbocycles. The molecule has 0 aromatic heterocycles. The highest BCUT2D eigenvalue weighted by molar-refractivity contribution is 6.30. The van der Waals surface area contributed by atoms with Crippen LogP contribution in [0.3, 0.4) is 0 Å². The van der Waals surface area contributed by atoms with Gasteiger partial charge in [0, 0.05) is 11.1 Å². The average molecular weight is 608 g/mol. The number of nitrogens with one attached hydrogen (secondary N) is 2. The van der Waals surface area contributed by atoms with Crippen molar-refractivity contribution < 1.29 is 58.3 Å². The smallest absolute Gasteiger partial charge is 0.374 e. The molecule has 1 aliphatic heterocycles. The normalized spacial score (nSPS) is 17.8. The number of aryl methyl sites for hydroxylation is 1. The Morgan fingerprint density at radius 2 is 1.68 bits per heavy atom. The summed E-state index contributed by atoms with van der Waals surface area (Å²) < 4.78 is 134. The Morgan fingerprint density at radius 3 is 2.23 bits per heavy atom. The highest BCUT2D eigenvalue weighted by atomic mass is 35.5. The molecule has 6 nitrogen and oxygen atoms in total. The van der Waals surface area contributed by atoms with Crippen molar-refractivity contribution in [2.45, 2.75) is 37.5 Å². The Balaban J connectivity index is 1.85. The van der Waals surface area contributed by atoms with Gasteiger partial charge in [0.2, 0.25) is 5.91 Å². The van der Waals surface area contributed by atoms with Crippen LogP contribution in [-0.2, 0) is 21.4 Å². The van der Waals surface area contributed by atoms with Crippen molar-refractivity contribution in [3.8, 4) is 0 Å². The third kappa shape index (κ3) is 6.59. The van der Waals surface area contributed by atoms with Gasteiger partial charge >= 0.3 is 18.5 Å². The first kappa shape index (κ1) is 31.0. The van der Waals surface area contributed by atoms with E-state index in [-0.39, 0.29) is 28.8 Å². The maximum Gasteiger partial charge on any atom is 0.435 e. The zero-order valence-electron chi connectivity index (χ0n) is 19.8. The monoisotopic (exact) mass is 607 g/mol. The fourth-order valence-electron chi connectivity index (χ4n) is 3.70. The molecular weight excluding hydrogens is 592 g/mol. The van der Waals surface area contributed by atoms with Crippen LogP contribution < -0.4 is 10.6 Å². The Morgan fingerprint density at radius 1 is 1.02 bits per heavy atom. The average Bonchev–Trinajstić information content (AvgIpc) is 3.28. The highest BCUT2D eigenvalue weighted by Gasteiger charge is 2.64. The molecule has 17 heteroatoms. The quantitative estimate of drug-likeness (QED) is 0.408. The fourth-order valence-corrected chi connectivity index (χ4v) is 3.92. The van der Waals surface area contributed by atoms with Crippen LogP contribution in [0.2, 0.25) is 5.02 Å². The van der Waals surface area contributed by atoms with Crippen LogP contribution in [0.4, 0.5) is 43.9 Å². The standard InChI is InChI=1S/C23H16ClF10N3O3/c1-10-4-11(2-3-13(10)19(39)35-8-17(38)36-9-21(26,27)28)16-7-20(40-37-16,23(32,33)34)14-5-12(22(29,30)31)6-15(24)18(14)25/h2-6H,7-9H2,1H3,(H,35,39)(H,36,38). The molecule has 0 saturated carbocycles. The van der Waals surface area contributed by atoms with Gasteiger partial charge in [-0.15, -0.1) is 0 Å². The number of hydrogen-bond donors (Lipinski definition) is 2. The lowest BCUT2D eigenvalue weighted by Gasteiger charge is -2.30. The molecule has 0 fully saturated rings. The second-order valence-corrected chi connectivity index (χ2v) is 8.96. The summed E-state index contributed by atoms with van der Waals surface area (Å²) in [4.78, 5) is 28.4. The predicted molar refractivity (Wildman–Crippen MR) is 119 cm³/mol. The van der Waals surface area contributed by atoms with E-state index in [1.807, 2.05) is 0 Å². The maximum atomic E-state index is 14.7. The van der Waals surface area contributed by atoms with E-state index in [2.05, 4.69) is 15.3 Å². The Bertz CT molecular complexity index is 1360.